The summed E-state index contributed by atoms with van der Waals surface area (Å²) in [4.78, 5) is 4.09. The molecule has 1 rings (SSSR count). The zero-order chi connectivity index (χ0) is 15.7. The third-order valence-electron chi connectivity index (χ3n) is 3.44. The van der Waals surface area contributed by atoms with E-state index in [0.717, 1.165) is 17.5 Å². The Bertz CT molecular complexity index is 479. The standard InChI is InChI=1S/C14H23ClN2OS2/c1-7-14(6,17(19)20(18)13(3,4)5)11-8-12(15)16-9-10(11)2/h8-9,19H,7H2,1-6H3/t14-,20?/m0/s1. The van der Waals surface area contributed by atoms with E-state index in [0.29, 0.717) is 5.15 Å². The summed E-state index contributed by atoms with van der Waals surface area (Å²) in [6.07, 6.45) is 2.51. The van der Waals surface area contributed by atoms with E-state index < -0.39 is 16.9 Å². The fraction of sp³-hybridized carbons (Fsp3) is 0.643. The zero-order valence-electron chi connectivity index (χ0n) is 12.9. The van der Waals surface area contributed by atoms with Crippen molar-refractivity contribution >= 4 is 35.8 Å². The first-order valence-corrected chi connectivity index (χ1v) is 8.46. The summed E-state index contributed by atoms with van der Waals surface area (Å²) in [6, 6.07) is 1.84. The van der Waals surface area contributed by atoms with Gasteiger partial charge in [-0.3, -0.25) is 0 Å². The number of pyridine rings is 1. The first-order chi connectivity index (χ1) is 9.04. The number of hydrogen-bond acceptors (Lipinski definition) is 4. The van der Waals surface area contributed by atoms with Gasteiger partial charge in [-0.2, -0.15) is 0 Å². The SMILES string of the molecule is CC[C@@](C)(c1cc(Cl)ncc1C)N(S)[S+]([O-])C(C)(C)C. The molecule has 0 aliphatic carbocycles. The van der Waals surface area contributed by atoms with Crippen LogP contribution in [-0.4, -0.2) is 18.0 Å². The first kappa shape index (κ1) is 18.1. The molecular formula is C14H23ClN2OS2. The number of hydrogen-bond donors (Lipinski definition) is 1. The van der Waals surface area contributed by atoms with Crippen molar-refractivity contribution in [2.24, 2.45) is 0 Å². The second-order valence-electron chi connectivity index (χ2n) is 6.08. The van der Waals surface area contributed by atoms with Gasteiger partial charge in [0.05, 0.1) is 11.4 Å². The Hall–Kier alpha value is 0.0600. The molecule has 1 aromatic heterocycles. The molecule has 0 fully saturated rings. The summed E-state index contributed by atoms with van der Waals surface area (Å²) >= 11 is 9.33. The van der Waals surface area contributed by atoms with E-state index in [9.17, 15) is 4.55 Å². The van der Waals surface area contributed by atoms with Crippen LogP contribution in [0.1, 0.15) is 52.2 Å². The number of rotatable bonds is 4. The van der Waals surface area contributed by atoms with Gasteiger partial charge >= 0.3 is 0 Å². The molecule has 6 heteroatoms. The molecule has 114 valence electrons. The molecule has 3 nitrogen and oxygen atoms in total. The van der Waals surface area contributed by atoms with E-state index in [1.807, 2.05) is 40.7 Å². The lowest BCUT2D eigenvalue weighted by Gasteiger charge is -2.41. The molecule has 0 aliphatic rings. The molecule has 1 aromatic rings. The van der Waals surface area contributed by atoms with Crippen molar-refractivity contribution in [3.8, 4) is 0 Å². The molecule has 0 saturated carbocycles. The molecule has 1 heterocycles. The lowest BCUT2D eigenvalue weighted by atomic mass is 9.88. The Morgan fingerprint density at radius 3 is 2.40 bits per heavy atom. The highest BCUT2D eigenvalue weighted by Crippen LogP contribution is 2.40. The summed E-state index contributed by atoms with van der Waals surface area (Å²) < 4.78 is 13.9. The Balaban J connectivity index is 3.30. The van der Waals surface area contributed by atoms with Gasteiger partial charge in [0.25, 0.3) is 0 Å². The quantitative estimate of drug-likeness (QED) is 0.507. The number of halogens is 1. The number of nitrogens with zero attached hydrogens (tertiary/aromatic N) is 2. The molecule has 0 spiro atoms. The number of aromatic nitrogens is 1. The van der Waals surface area contributed by atoms with Crippen molar-refractivity contribution in [2.45, 2.75) is 58.2 Å². The molecule has 0 aromatic carbocycles. The van der Waals surface area contributed by atoms with Gasteiger partial charge in [0.15, 0.2) is 0 Å². The Morgan fingerprint density at radius 1 is 1.40 bits per heavy atom. The van der Waals surface area contributed by atoms with Crippen molar-refractivity contribution in [1.82, 2.24) is 8.69 Å². The van der Waals surface area contributed by atoms with Crippen LogP contribution in [0.15, 0.2) is 12.3 Å². The maximum Gasteiger partial charge on any atom is 0.138 e. The van der Waals surface area contributed by atoms with Gasteiger partial charge in [-0.1, -0.05) is 22.2 Å². The lowest BCUT2D eigenvalue weighted by molar-refractivity contribution is 0.306. The van der Waals surface area contributed by atoms with Crippen molar-refractivity contribution in [1.29, 1.82) is 0 Å². The maximum absolute atomic E-state index is 12.7. The summed E-state index contributed by atoms with van der Waals surface area (Å²) in [7, 11) is 0. The van der Waals surface area contributed by atoms with Crippen molar-refractivity contribution in [3.63, 3.8) is 0 Å². The molecule has 1 unspecified atom stereocenters. The summed E-state index contributed by atoms with van der Waals surface area (Å²) in [5, 5.41) is 0.438. The van der Waals surface area contributed by atoms with Crippen LogP contribution in [0.25, 0.3) is 0 Å². The van der Waals surface area contributed by atoms with E-state index in [2.05, 4.69) is 24.7 Å². The third kappa shape index (κ3) is 3.63. The fourth-order valence-electron chi connectivity index (χ4n) is 1.95. The van der Waals surface area contributed by atoms with Crippen LogP contribution in [-0.2, 0) is 16.9 Å². The predicted octanol–water partition coefficient (Wildman–Crippen LogP) is 4.28. The number of aryl methyl sites for hydroxylation is 1. The van der Waals surface area contributed by atoms with Crippen LogP contribution < -0.4 is 0 Å². The van der Waals surface area contributed by atoms with Crippen molar-refractivity contribution in [2.75, 3.05) is 0 Å². The minimum Gasteiger partial charge on any atom is -0.597 e. The van der Waals surface area contributed by atoms with Gasteiger partial charge in [-0.15, -0.1) is 0 Å². The van der Waals surface area contributed by atoms with Gasteiger partial charge < -0.3 is 4.55 Å². The molecule has 0 saturated heterocycles. The number of thiol groups is 1. The second kappa shape index (κ2) is 6.44. The topological polar surface area (TPSA) is 39.2 Å². The van der Waals surface area contributed by atoms with Crippen molar-refractivity contribution < 1.29 is 4.55 Å². The second-order valence-corrected chi connectivity index (χ2v) is 9.23. The lowest BCUT2D eigenvalue weighted by Crippen LogP contribution is -2.48. The monoisotopic (exact) mass is 334 g/mol. The van der Waals surface area contributed by atoms with Crippen LogP contribution in [0.2, 0.25) is 5.15 Å². The molecule has 0 radical (unpaired) electrons. The van der Waals surface area contributed by atoms with E-state index in [1.54, 1.807) is 9.91 Å². The normalized spacial score (nSPS) is 17.1. The predicted molar refractivity (Wildman–Crippen MR) is 90.3 cm³/mol. The maximum atomic E-state index is 12.7. The van der Waals surface area contributed by atoms with Crippen LogP contribution in [0, 0.1) is 6.92 Å². The highest BCUT2D eigenvalue weighted by molar-refractivity contribution is 8.00. The van der Waals surface area contributed by atoms with Gasteiger partial charge in [0, 0.05) is 6.20 Å². The average Bonchev–Trinajstić information content (AvgIpc) is 2.37. The molecule has 20 heavy (non-hydrogen) atoms. The minimum atomic E-state index is -1.23. The summed E-state index contributed by atoms with van der Waals surface area (Å²) in [5.74, 6) is 0. The van der Waals surface area contributed by atoms with Gasteiger partial charge in [0.1, 0.15) is 15.4 Å². The molecule has 0 N–H and O–H groups in total. The van der Waals surface area contributed by atoms with E-state index in [4.69, 9.17) is 11.6 Å². The molecule has 2 atom stereocenters. The Morgan fingerprint density at radius 2 is 1.95 bits per heavy atom. The summed E-state index contributed by atoms with van der Waals surface area (Å²) in [5.41, 5.74) is 1.55. The van der Waals surface area contributed by atoms with Gasteiger partial charge in [-0.25, -0.2) is 4.98 Å². The third-order valence-corrected chi connectivity index (χ3v) is 6.30. The summed E-state index contributed by atoms with van der Waals surface area (Å²) in [6.45, 7) is 11.9. The van der Waals surface area contributed by atoms with Crippen LogP contribution in [0.5, 0.6) is 0 Å². The fourth-order valence-corrected chi connectivity index (χ4v) is 4.20. The molecule has 0 bridgehead atoms. The smallest absolute Gasteiger partial charge is 0.138 e. The Kier molecular flexibility index (Phi) is 5.83. The van der Waals surface area contributed by atoms with Crippen LogP contribution >= 0.6 is 24.4 Å². The van der Waals surface area contributed by atoms with Crippen molar-refractivity contribution in [3.05, 3.63) is 28.5 Å². The molecular weight excluding hydrogens is 312 g/mol. The average molecular weight is 335 g/mol. The minimum absolute atomic E-state index is 0.372. The van der Waals surface area contributed by atoms with E-state index in [1.165, 1.54) is 0 Å². The molecule has 0 aliphatic heterocycles. The first-order valence-electron chi connectivity index (χ1n) is 6.57. The van der Waals surface area contributed by atoms with E-state index >= 15 is 0 Å². The Labute approximate surface area is 136 Å². The largest absolute Gasteiger partial charge is 0.597 e. The van der Waals surface area contributed by atoms with Crippen LogP contribution in [0.3, 0.4) is 0 Å². The zero-order valence-corrected chi connectivity index (χ0v) is 15.4. The highest BCUT2D eigenvalue weighted by Gasteiger charge is 2.44. The van der Waals surface area contributed by atoms with Crippen LogP contribution in [0.4, 0.5) is 0 Å². The molecule has 0 amide bonds. The van der Waals surface area contributed by atoms with Gasteiger partial charge in [0.2, 0.25) is 0 Å². The highest BCUT2D eigenvalue weighted by atomic mass is 35.5. The van der Waals surface area contributed by atoms with Gasteiger partial charge in [-0.05, 0) is 71.0 Å². The van der Waals surface area contributed by atoms with E-state index in [-0.39, 0.29) is 4.75 Å².